The summed E-state index contributed by atoms with van der Waals surface area (Å²) < 4.78 is 11.3. The van der Waals surface area contributed by atoms with E-state index in [-0.39, 0.29) is 6.04 Å². The van der Waals surface area contributed by atoms with E-state index in [1.165, 1.54) is 0 Å². The zero-order chi connectivity index (χ0) is 16.6. The first-order valence-electron chi connectivity index (χ1n) is 8.23. The molecule has 5 nitrogen and oxygen atoms in total. The summed E-state index contributed by atoms with van der Waals surface area (Å²) in [5.74, 6) is 1.36. The molecule has 0 fully saturated rings. The minimum absolute atomic E-state index is 0.143. The molecule has 0 bridgehead atoms. The number of benzene rings is 2. The first kappa shape index (κ1) is 16.3. The number of hydrogen-bond donors (Lipinski definition) is 2. The topological polar surface area (TPSA) is 68.9 Å². The van der Waals surface area contributed by atoms with E-state index in [9.17, 15) is 0 Å². The second kappa shape index (κ2) is 8.36. The van der Waals surface area contributed by atoms with Crippen LogP contribution in [0.15, 0.2) is 59.6 Å². The number of nitrogens with zero attached hydrogens (tertiary/aromatic N) is 1. The van der Waals surface area contributed by atoms with Gasteiger partial charge in [-0.25, -0.2) is 0 Å². The average Bonchev–Trinajstić information content (AvgIpc) is 2.63. The summed E-state index contributed by atoms with van der Waals surface area (Å²) in [6.07, 6.45) is 0.873. The van der Waals surface area contributed by atoms with Crippen LogP contribution in [0.3, 0.4) is 0 Å². The fourth-order valence-electron chi connectivity index (χ4n) is 2.71. The molecule has 0 saturated carbocycles. The molecule has 126 valence electrons. The number of rotatable bonds is 6. The lowest BCUT2D eigenvalue weighted by Gasteiger charge is -2.26. The number of nitrogens with one attached hydrogen (secondary N) is 1. The summed E-state index contributed by atoms with van der Waals surface area (Å²) in [6, 6.07) is 18.3. The Morgan fingerprint density at radius 1 is 1.17 bits per heavy atom. The Kier molecular flexibility index (Phi) is 5.69. The van der Waals surface area contributed by atoms with E-state index in [0.29, 0.717) is 32.3 Å². The predicted molar refractivity (Wildman–Crippen MR) is 95.0 cm³/mol. The van der Waals surface area contributed by atoms with E-state index in [0.717, 1.165) is 23.3 Å². The Hall–Kier alpha value is -2.53. The number of para-hydroxylation sites is 1. The van der Waals surface area contributed by atoms with Gasteiger partial charge in [0.25, 0.3) is 0 Å². The number of guanidine groups is 1. The molecule has 1 aliphatic rings. The maximum Gasteiger partial charge on any atom is 0.189 e. The molecule has 2 aromatic rings. The molecule has 0 radical (unpaired) electrons. The van der Waals surface area contributed by atoms with Crippen LogP contribution in [0.2, 0.25) is 0 Å². The van der Waals surface area contributed by atoms with Crippen molar-refractivity contribution in [2.75, 3.05) is 19.8 Å². The van der Waals surface area contributed by atoms with Crippen LogP contribution in [0.1, 0.15) is 23.6 Å². The van der Waals surface area contributed by atoms with E-state index < -0.39 is 0 Å². The molecule has 0 aromatic heterocycles. The molecule has 3 N–H and O–H groups in total. The lowest BCUT2D eigenvalue weighted by Crippen LogP contribution is -2.37. The molecule has 1 heterocycles. The van der Waals surface area contributed by atoms with Crippen molar-refractivity contribution in [2.24, 2.45) is 10.7 Å². The van der Waals surface area contributed by atoms with Crippen LogP contribution in [0.5, 0.6) is 5.75 Å². The summed E-state index contributed by atoms with van der Waals surface area (Å²) >= 11 is 0. The third-order valence-electron chi connectivity index (χ3n) is 3.91. The second-order valence-electron chi connectivity index (χ2n) is 5.68. The van der Waals surface area contributed by atoms with Crippen LogP contribution >= 0.6 is 0 Å². The third-order valence-corrected chi connectivity index (χ3v) is 3.91. The lowest BCUT2D eigenvalue weighted by molar-refractivity contribution is 0.128. The zero-order valence-corrected chi connectivity index (χ0v) is 13.7. The maximum atomic E-state index is 6.00. The highest BCUT2D eigenvalue weighted by Gasteiger charge is 2.20. The molecule has 2 aromatic carbocycles. The first-order chi connectivity index (χ1) is 11.8. The van der Waals surface area contributed by atoms with Crippen LogP contribution in [-0.4, -0.2) is 25.7 Å². The minimum atomic E-state index is 0.143. The molecule has 24 heavy (non-hydrogen) atoms. The van der Waals surface area contributed by atoms with Gasteiger partial charge < -0.3 is 20.5 Å². The van der Waals surface area contributed by atoms with Gasteiger partial charge in [0.15, 0.2) is 5.96 Å². The van der Waals surface area contributed by atoms with E-state index in [2.05, 4.69) is 16.4 Å². The minimum Gasteiger partial charge on any atom is -0.493 e. The van der Waals surface area contributed by atoms with Crippen molar-refractivity contribution < 1.29 is 9.47 Å². The summed E-state index contributed by atoms with van der Waals surface area (Å²) in [4.78, 5) is 4.34. The van der Waals surface area contributed by atoms with Crippen LogP contribution < -0.4 is 15.8 Å². The number of fused-ring (bicyclic) bond motifs is 1. The largest absolute Gasteiger partial charge is 0.493 e. The van der Waals surface area contributed by atoms with E-state index in [4.69, 9.17) is 15.2 Å². The highest BCUT2D eigenvalue weighted by Crippen LogP contribution is 2.31. The van der Waals surface area contributed by atoms with Gasteiger partial charge in [0, 0.05) is 12.0 Å². The molecule has 0 spiro atoms. The third kappa shape index (κ3) is 4.49. The fraction of sp³-hybridized carbons (Fsp3) is 0.316. The van der Waals surface area contributed by atoms with Crippen molar-refractivity contribution in [3.8, 4) is 5.75 Å². The van der Waals surface area contributed by atoms with Crippen molar-refractivity contribution in [1.29, 1.82) is 0 Å². The van der Waals surface area contributed by atoms with Crippen molar-refractivity contribution in [3.63, 3.8) is 0 Å². The van der Waals surface area contributed by atoms with Crippen molar-refractivity contribution in [2.45, 2.75) is 19.1 Å². The van der Waals surface area contributed by atoms with Gasteiger partial charge in [-0.2, -0.15) is 0 Å². The number of nitrogens with two attached hydrogens (primary N) is 1. The van der Waals surface area contributed by atoms with Gasteiger partial charge in [0.1, 0.15) is 5.75 Å². The Morgan fingerprint density at radius 2 is 1.96 bits per heavy atom. The molecule has 1 unspecified atom stereocenters. The summed E-state index contributed by atoms with van der Waals surface area (Å²) in [5, 5.41) is 3.28. The fourth-order valence-corrected chi connectivity index (χ4v) is 2.71. The van der Waals surface area contributed by atoms with Gasteiger partial charge >= 0.3 is 0 Å². The summed E-state index contributed by atoms with van der Waals surface area (Å²) in [5.41, 5.74) is 8.28. The summed E-state index contributed by atoms with van der Waals surface area (Å²) in [6.45, 7) is 2.36. The van der Waals surface area contributed by atoms with Crippen molar-refractivity contribution in [3.05, 3.63) is 65.7 Å². The van der Waals surface area contributed by atoms with E-state index in [1.807, 2.05) is 48.5 Å². The monoisotopic (exact) mass is 325 g/mol. The van der Waals surface area contributed by atoms with Gasteiger partial charge in [-0.3, -0.25) is 4.99 Å². The van der Waals surface area contributed by atoms with Gasteiger partial charge in [-0.05, 0) is 11.6 Å². The van der Waals surface area contributed by atoms with Crippen LogP contribution in [0.4, 0.5) is 0 Å². The highest BCUT2D eigenvalue weighted by atomic mass is 16.5. The highest BCUT2D eigenvalue weighted by molar-refractivity contribution is 5.78. The predicted octanol–water partition coefficient (Wildman–Crippen LogP) is 2.63. The number of ether oxygens (including phenoxy) is 2. The average molecular weight is 325 g/mol. The molecule has 0 saturated heterocycles. The number of hydrogen-bond acceptors (Lipinski definition) is 3. The van der Waals surface area contributed by atoms with Crippen molar-refractivity contribution >= 4 is 5.96 Å². The normalized spacial score (nSPS) is 17.0. The molecule has 1 atom stereocenters. The van der Waals surface area contributed by atoms with Gasteiger partial charge in [-0.15, -0.1) is 0 Å². The quantitative estimate of drug-likeness (QED) is 0.487. The molecular formula is C19H23N3O2. The Morgan fingerprint density at radius 3 is 2.83 bits per heavy atom. The van der Waals surface area contributed by atoms with Gasteiger partial charge in [0.2, 0.25) is 0 Å². The molecule has 0 amide bonds. The molecule has 3 rings (SSSR count). The summed E-state index contributed by atoms with van der Waals surface area (Å²) in [7, 11) is 0. The van der Waals surface area contributed by atoms with Crippen LogP contribution in [0.25, 0.3) is 0 Å². The molecule has 1 aliphatic heterocycles. The second-order valence-corrected chi connectivity index (χ2v) is 5.68. The maximum absolute atomic E-state index is 6.00. The lowest BCUT2D eigenvalue weighted by atomic mass is 10.0. The zero-order valence-electron chi connectivity index (χ0n) is 13.7. The Balaban J connectivity index is 1.44. The SMILES string of the molecule is NC(=NCCOCc1ccccc1)NC1CCOc2ccccc21. The van der Waals surface area contributed by atoms with E-state index >= 15 is 0 Å². The van der Waals surface area contributed by atoms with Crippen LogP contribution in [0, 0.1) is 0 Å². The first-order valence-corrected chi connectivity index (χ1v) is 8.23. The molecular weight excluding hydrogens is 302 g/mol. The van der Waals surface area contributed by atoms with E-state index in [1.54, 1.807) is 0 Å². The van der Waals surface area contributed by atoms with Crippen molar-refractivity contribution in [1.82, 2.24) is 5.32 Å². The standard InChI is InChI=1S/C19H23N3O2/c20-19(21-11-13-23-14-15-6-2-1-3-7-15)22-17-10-12-24-18-9-5-4-8-16(17)18/h1-9,17H,10-14H2,(H3,20,21,22). The van der Waals surface area contributed by atoms with Crippen LogP contribution in [-0.2, 0) is 11.3 Å². The number of aliphatic imine (C=N–C) groups is 1. The molecule has 0 aliphatic carbocycles. The Labute approximate surface area is 142 Å². The van der Waals surface area contributed by atoms with Gasteiger partial charge in [0.05, 0.1) is 32.4 Å². The molecule has 5 heteroatoms. The van der Waals surface area contributed by atoms with Gasteiger partial charge in [-0.1, -0.05) is 48.5 Å². The smallest absolute Gasteiger partial charge is 0.189 e. The Bertz CT molecular complexity index is 673.